The van der Waals surface area contributed by atoms with Gasteiger partial charge in [0, 0.05) is 0 Å². The second kappa shape index (κ2) is 22.8. The highest BCUT2D eigenvalue weighted by atomic mass is 127. The molecule has 0 aliphatic rings. The molecule has 0 fully saturated rings. The summed E-state index contributed by atoms with van der Waals surface area (Å²) < 4.78 is 1.33. The van der Waals surface area contributed by atoms with E-state index in [2.05, 4.69) is 36.4 Å². The number of hydrogen-bond acceptors (Lipinski definition) is 0. The van der Waals surface area contributed by atoms with Gasteiger partial charge in [0.15, 0.2) is 0 Å². The van der Waals surface area contributed by atoms with Gasteiger partial charge in [0.1, 0.15) is 0 Å². The van der Waals surface area contributed by atoms with Crippen LogP contribution in [-0.2, 0) is 0 Å². The number of rotatable bonds is 21. The summed E-state index contributed by atoms with van der Waals surface area (Å²) in [5.74, 6) is 0.956. The van der Waals surface area contributed by atoms with Crippen molar-refractivity contribution in [2.45, 2.75) is 142 Å². The van der Waals surface area contributed by atoms with E-state index in [-0.39, 0.29) is 0 Å². The Morgan fingerprint density at radius 2 is 0.800 bits per heavy atom. The molecule has 0 spiro atoms. The number of hydrogen-bond donors (Lipinski definition) is 0. The van der Waals surface area contributed by atoms with Gasteiger partial charge >= 0.3 is 0 Å². The van der Waals surface area contributed by atoms with Gasteiger partial charge in [-0.05, 0) is 16.8 Å². The number of unbranched alkanes of at least 4 members (excludes halogenated alkanes) is 17. The fourth-order valence-corrected chi connectivity index (χ4v) is 4.79. The van der Waals surface area contributed by atoms with Crippen LogP contribution in [0.2, 0.25) is 0 Å². The van der Waals surface area contributed by atoms with Crippen LogP contribution in [0, 0.1) is 5.92 Å². The Labute approximate surface area is 174 Å². The molecular weight excluding hydrogens is 415 g/mol. The highest BCUT2D eigenvalue weighted by Crippen LogP contribution is 2.17. The summed E-state index contributed by atoms with van der Waals surface area (Å²) in [4.78, 5) is 0. The summed E-state index contributed by atoms with van der Waals surface area (Å²) in [6.45, 7) is 4.72. The van der Waals surface area contributed by atoms with E-state index in [4.69, 9.17) is 0 Å². The molecule has 0 bridgehead atoms. The lowest BCUT2D eigenvalue weighted by Crippen LogP contribution is -1.95. The Morgan fingerprint density at radius 1 is 0.480 bits per heavy atom. The summed E-state index contributed by atoms with van der Waals surface area (Å²) >= 11 is 2.51. The third kappa shape index (κ3) is 22.7. The molecule has 1 heteroatoms. The third-order valence-electron chi connectivity index (χ3n) is 5.65. The second-order valence-electron chi connectivity index (χ2n) is 8.38. The average Bonchev–Trinajstić information content (AvgIpc) is 2.61. The van der Waals surface area contributed by atoms with Gasteiger partial charge in [-0.2, -0.15) is 0 Å². The quantitative estimate of drug-likeness (QED) is 0.0901. The predicted molar refractivity (Wildman–Crippen MR) is 126 cm³/mol. The minimum atomic E-state index is 0.956. The molecule has 0 aromatic heterocycles. The molecule has 0 unspecified atom stereocenters. The molecule has 0 aromatic carbocycles. The van der Waals surface area contributed by atoms with Crippen LogP contribution in [0.4, 0.5) is 0 Å². The largest absolute Gasteiger partial charge is 0.0864 e. The van der Waals surface area contributed by atoms with E-state index in [9.17, 15) is 0 Å². The zero-order chi connectivity index (χ0) is 18.4. The van der Waals surface area contributed by atoms with Gasteiger partial charge in [0.05, 0.1) is 0 Å². The van der Waals surface area contributed by atoms with Gasteiger partial charge in [-0.15, -0.1) is 0 Å². The van der Waals surface area contributed by atoms with E-state index in [1.54, 1.807) is 0 Å². The molecule has 0 amide bonds. The van der Waals surface area contributed by atoms with Crippen LogP contribution in [0.5, 0.6) is 0 Å². The highest BCUT2D eigenvalue weighted by molar-refractivity contribution is 14.1. The molecule has 0 N–H and O–H groups in total. The van der Waals surface area contributed by atoms with Crippen LogP contribution in [0.25, 0.3) is 0 Å². The first-order valence-electron chi connectivity index (χ1n) is 11.9. The lowest BCUT2D eigenvalue weighted by molar-refractivity contribution is 0.472. The van der Waals surface area contributed by atoms with Gasteiger partial charge in [0.25, 0.3) is 0 Å². The first kappa shape index (κ1) is 25.7. The lowest BCUT2D eigenvalue weighted by Gasteiger charge is -2.08. The first-order chi connectivity index (χ1) is 12.3. The van der Waals surface area contributed by atoms with Crippen molar-refractivity contribution in [3.63, 3.8) is 0 Å². The molecule has 25 heavy (non-hydrogen) atoms. The Hall–Kier alpha value is 0.730. The normalized spacial score (nSPS) is 12.6. The lowest BCUT2D eigenvalue weighted by atomic mass is 9.99. The van der Waals surface area contributed by atoms with E-state index >= 15 is 0 Å². The van der Waals surface area contributed by atoms with E-state index in [0.29, 0.717) is 0 Å². The van der Waals surface area contributed by atoms with E-state index in [1.807, 2.05) is 0 Å². The summed E-state index contributed by atoms with van der Waals surface area (Å²) in [5, 5.41) is 0. The van der Waals surface area contributed by atoms with Crippen molar-refractivity contribution in [2.75, 3.05) is 4.43 Å². The van der Waals surface area contributed by atoms with Crippen molar-refractivity contribution >= 4 is 22.6 Å². The maximum atomic E-state index is 2.51. The van der Waals surface area contributed by atoms with Crippen LogP contribution in [0.1, 0.15) is 142 Å². The molecular formula is C24H49I. The predicted octanol–water partition coefficient (Wildman–Crippen LogP) is 9.88. The maximum Gasteiger partial charge on any atom is -0.000219 e. The summed E-state index contributed by atoms with van der Waals surface area (Å²) in [7, 11) is 0. The molecule has 0 aliphatic heterocycles. The molecule has 0 nitrogen and oxygen atoms in total. The molecule has 1 atom stereocenters. The van der Waals surface area contributed by atoms with Crippen molar-refractivity contribution in [1.29, 1.82) is 0 Å². The van der Waals surface area contributed by atoms with Gasteiger partial charge < -0.3 is 0 Å². The fourth-order valence-electron chi connectivity index (χ4n) is 3.73. The van der Waals surface area contributed by atoms with Crippen molar-refractivity contribution in [3.8, 4) is 0 Å². The van der Waals surface area contributed by atoms with Crippen molar-refractivity contribution in [1.82, 2.24) is 0 Å². The van der Waals surface area contributed by atoms with Gasteiger partial charge in [-0.1, -0.05) is 158 Å². The minimum Gasteiger partial charge on any atom is -0.0864 e. The third-order valence-corrected chi connectivity index (χ3v) is 6.28. The van der Waals surface area contributed by atoms with Crippen LogP contribution in [0.15, 0.2) is 0 Å². The molecule has 0 aliphatic carbocycles. The zero-order valence-corrected chi connectivity index (χ0v) is 20.0. The smallest absolute Gasteiger partial charge is 0.000219 e. The molecule has 0 rings (SSSR count). The number of alkyl halides is 1. The van der Waals surface area contributed by atoms with Gasteiger partial charge in [-0.25, -0.2) is 0 Å². The highest BCUT2D eigenvalue weighted by Gasteiger charge is 2.00. The number of halogens is 1. The Kier molecular flexibility index (Phi) is 23.4. The Morgan fingerprint density at radius 3 is 1.12 bits per heavy atom. The standard InChI is InChI=1S/C24H49I/c1-3-4-5-6-7-8-9-10-11-12-13-14-15-16-17-18-19-20-21-24(2)22-23-25/h24H,3-23H2,1-2H3/t24-/m1/s1. The maximum absolute atomic E-state index is 2.51. The molecule has 0 saturated carbocycles. The molecule has 152 valence electrons. The molecule has 0 radical (unpaired) electrons. The topological polar surface area (TPSA) is 0 Å². The van der Waals surface area contributed by atoms with Crippen LogP contribution < -0.4 is 0 Å². The average molecular weight is 465 g/mol. The van der Waals surface area contributed by atoms with Crippen molar-refractivity contribution < 1.29 is 0 Å². The van der Waals surface area contributed by atoms with Crippen LogP contribution >= 0.6 is 22.6 Å². The van der Waals surface area contributed by atoms with Crippen molar-refractivity contribution in [3.05, 3.63) is 0 Å². The molecule has 0 heterocycles. The monoisotopic (exact) mass is 464 g/mol. The first-order valence-corrected chi connectivity index (χ1v) is 13.4. The van der Waals surface area contributed by atoms with Gasteiger partial charge in [0.2, 0.25) is 0 Å². The molecule has 0 aromatic rings. The summed E-state index contributed by atoms with van der Waals surface area (Å²) in [6.07, 6.45) is 29.4. The van der Waals surface area contributed by atoms with Crippen LogP contribution in [-0.4, -0.2) is 4.43 Å². The zero-order valence-electron chi connectivity index (χ0n) is 17.8. The Balaban J connectivity index is 3.00. The van der Waals surface area contributed by atoms with E-state index in [1.165, 1.54) is 133 Å². The fraction of sp³-hybridized carbons (Fsp3) is 1.00. The Bertz CT molecular complexity index is 226. The molecule has 0 saturated heterocycles. The summed E-state index contributed by atoms with van der Waals surface area (Å²) in [5.41, 5.74) is 0. The van der Waals surface area contributed by atoms with E-state index in [0.717, 1.165) is 5.92 Å². The SMILES string of the molecule is CCCCCCCCCCCCCCCCCCCC[C@@H](C)CCI. The van der Waals surface area contributed by atoms with Crippen LogP contribution in [0.3, 0.4) is 0 Å². The summed E-state index contributed by atoms with van der Waals surface area (Å²) in [6, 6.07) is 0. The van der Waals surface area contributed by atoms with Gasteiger partial charge in [-0.3, -0.25) is 0 Å². The van der Waals surface area contributed by atoms with Crippen molar-refractivity contribution in [2.24, 2.45) is 5.92 Å². The minimum absolute atomic E-state index is 0.956. The van der Waals surface area contributed by atoms with E-state index < -0.39 is 0 Å². The second-order valence-corrected chi connectivity index (χ2v) is 9.46.